The first kappa shape index (κ1) is 24.3. The second-order valence-electron chi connectivity index (χ2n) is 9.97. The average Bonchev–Trinajstić information content (AvgIpc) is 2.83. The van der Waals surface area contributed by atoms with Crippen LogP contribution in [0.25, 0.3) is 11.4 Å². The predicted octanol–water partition coefficient (Wildman–Crippen LogP) is 6.52. The van der Waals surface area contributed by atoms with Crippen molar-refractivity contribution < 1.29 is 0 Å². The molecule has 4 heteroatoms. The maximum absolute atomic E-state index is 6.24. The molecule has 34 heavy (non-hydrogen) atoms. The van der Waals surface area contributed by atoms with Gasteiger partial charge in [-0.25, -0.2) is 0 Å². The summed E-state index contributed by atoms with van der Waals surface area (Å²) in [4.78, 5) is 5.02. The highest BCUT2D eigenvalue weighted by Gasteiger charge is 2.22. The fraction of sp³-hybridized carbons (Fsp3) is 0.467. The van der Waals surface area contributed by atoms with Crippen LogP contribution >= 0.6 is 0 Å². The van der Waals surface area contributed by atoms with Gasteiger partial charge in [0.05, 0.1) is 0 Å². The summed E-state index contributed by atoms with van der Waals surface area (Å²) < 4.78 is 0. The molecule has 4 rings (SSSR count). The molecular weight excluding hydrogens is 416 g/mol. The third-order valence-electron chi connectivity index (χ3n) is 7.42. The van der Waals surface area contributed by atoms with Crippen molar-refractivity contribution in [3.05, 3.63) is 71.8 Å². The van der Waals surface area contributed by atoms with Crippen molar-refractivity contribution >= 4 is 22.8 Å². The SMILES string of the molecule is CC1C=C(N)c2ccccc2N1CCCCCCCCCCN1c2ccccc2C(N)=CC1C. The molecule has 0 fully saturated rings. The Balaban J connectivity index is 1.09. The minimum atomic E-state index is 0.372. The number of hydrogen-bond donors (Lipinski definition) is 2. The van der Waals surface area contributed by atoms with E-state index in [-0.39, 0.29) is 0 Å². The molecule has 0 bridgehead atoms. The van der Waals surface area contributed by atoms with Crippen LogP contribution in [0.4, 0.5) is 11.4 Å². The summed E-state index contributed by atoms with van der Waals surface area (Å²) in [6.45, 7) is 6.71. The van der Waals surface area contributed by atoms with Gasteiger partial charge in [-0.1, -0.05) is 74.9 Å². The maximum atomic E-state index is 6.24. The molecular formula is C30H42N4. The van der Waals surface area contributed by atoms with Crippen LogP contribution in [-0.4, -0.2) is 25.2 Å². The summed E-state index contributed by atoms with van der Waals surface area (Å²) in [5.74, 6) is 0. The van der Waals surface area contributed by atoms with E-state index in [0.29, 0.717) is 12.1 Å². The number of nitrogens with two attached hydrogens (primary N) is 2. The normalized spacial score (nSPS) is 19.4. The van der Waals surface area contributed by atoms with Crippen molar-refractivity contribution in [1.82, 2.24) is 0 Å². The van der Waals surface area contributed by atoms with Crippen LogP contribution in [0.5, 0.6) is 0 Å². The molecule has 0 amide bonds. The third-order valence-corrected chi connectivity index (χ3v) is 7.42. The van der Waals surface area contributed by atoms with E-state index in [4.69, 9.17) is 11.5 Å². The molecule has 2 aromatic rings. The fourth-order valence-electron chi connectivity index (χ4n) is 5.53. The molecule has 0 aliphatic carbocycles. The zero-order valence-electron chi connectivity index (χ0n) is 21.0. The van der Waals surface area contributed by atoms with Gasteiger partial charge in [0.15, 0.2) is 0 Å². The quantitative estimate of drug-likeness (QED) is 0.376. The Bertz CT molecular complexity index is 927. The molecule has 2 atom stereocenters. The largest absolute Gasteiger partial charge is 0.398 e. The van der Waals surface area contributed by atoms with Gasteiger partial charge in [-0.3, -0.25) is 0 Å². The molecule has 0 saturated carbocycles. The van der Waals surface area contributed by atoms with Gasteiger partial charge in [-0.2, -0.15) is 0 Å². The minimum absolute atomic E-state index is 0.372. The summed E-state index contributed by atoms with van der Waals surface area (Å²) >= 11 is 0. The molecule has 2 unspecified atom stereocenters. The van der Waals surface area contributed by atoms with Gasteiger partial charge in [0, 0.05) is 59.1 Å². The molecule has 2 heterocycles. The van der Waals surface area contributed by atoms with Crippen molar-refractivity contribution in [2.45, 2.75) is 77.3 Å². The van der Waals surface area contributed by atoms with E-state index in [9.17, 15) is 0 Å². The number of nitrogens with zero attached hydrogens (tertiary/aromatic N) is 2. The van der Waals surface area contributed by atoms with E-state index in [2.05, 4.69) is 84.3 Å². The Hall–Kier alpha value is -2.88. The van der Waals surface area contributed by atoms with Gasteiger partial charge in [-0.15, -0.1) is 0 Å². The highest BCUT2D eigenvalue weighted by atomic mass is 15.2. The first-order chi connectivity index (χ1) is 16.6. The van der Waals surface area contributed by atoms with E-state index in [1.165, 1.54) is 73.9 Å². The van der Waals surface area contributed by atoms with Gasteiger partial charge in [0.1, 0.15) is 0 Å². The van der Waals surface area contributed by atoms with Crippen LogP contribution in [-0.2, 0) is 0 Å². The van der Waals surface area contributed by atoms with Gasteiger partial charge in [0.25, 0.3) is 0 Å². The van der Waals surface area contributed by atoms with Gasteiger partial charge < -0.3 is 21.3 Å². The molecule has 182 valence electrons. The average molecular weight is 459 g/mol. The molecule has 2 aromatic carbocycles. The molecule has 0 saturated heterocycles. The van der Waals surface area contributed by atoms with Crippen molar-refractivity contribution in [3.63, 3.8) is 0 Å². The van der Waals surface area contributed by atoms with E-state index < -0.39 is 0 Å². The summed E-state index contributed by atoms with van der Waals surface area (Å²) in [6, 6.07) is 17.8. The van der Waals surface area contributed by atoms with Gasteiger partial charge in [-0.05, 0) is 51.0 Å². The minimum Gasteiger partial charge on any atom is -0.398 e. The Morgan fingerprint density at radius 2 is 0.912 bits per heavy atom. The summed E-state index contributed by atoms with van der Waals surface area (Å²) in [7, 11) is 0. The smallest absolute Gasteiger partial charge is 0.0467 e. The molecule has 0 radical (unpaired) electrons. The standard InChI is InChI=1S/C30H42N4/c1-23-21-27(31)25-15-9-11-17-29(25)33(23)19-13-7-5-3-4-6-8-14-20-34-24(2)22-28(32)26-16-10-12-18-30(26)34/h9-12,15-18,21-24H,3-8,13-14,19-20,31-32H2,1-2H3. The van der Waals surface area contributed by atoms with Crippen LogP contribution in [0, 0.1) is 0 Å². The third kappa shape index (κ3) is 5.60. The monoisotopic (exact) mass is 458 g/mol. The van der Waals surface area contributed by atoms with Crippen molar-refractivity contribution in [3.8, 4) is 0 Å². The molecule has 2 aliphatic heterocycles. The van der Waals surface area contributed by atoms with Crippen molar-refractivity contribution in [2.24, 2.45) is 11.5 Å². The molecule has 2 aliphatic rings. The molecule has 0 aromatic heterocycles. The Labute approximate surface area is 206 Å². The van der Waals surface area contributed by atoms with Crippen LogP contribution in [0.1, 0.15) is 76.3 Å². The summed E-state index contributed by atoms with van der Waals surface area (Å²) in [5.41, 5.74) is 19.3. The number of rotatable bonds is 11. The van der Waals surface area contributed by atoms with Crippen LogP contribution < -0.4 is 21.3 Å². The maximum Gasteiger partial charge on any atom is 0.0467 e. The van der Waals surface area contributed by atoms with Gasteiger partial charge in [0.2, 0.25) is 0 Å². The number of fused-ring (bicyclic) bond motifs is 2. The molecule has 4 N–H and O–H groups in total. The highest BCUT2D eigenvalue weighted by molar-refractivity contribution is 5.80. The lowest BCUT2D eigenvalue weighted by molar-refractivity contribution is 0.554. The lowest BCUT2D eigenvalue weighted by atomic mass is 9.99. The summed E-state index contributed by atoms with van der Waals surface area (Å²) in [5, 5.41) is 0. The predicted molar refractivity (Wildman–Crippen MR) is 148 cm³/mol. The number of para-hydroxylation sites is 2. The van der Waals surface area contributed by atoms with E-state index in [1.54, 1.807) is 0 Å². The Kier molecular flexibility index (Phi) is 8.21. The second-order valence-corrected chi connectivity index (χ2v) is 9.97. The number of anilines is 2. The van der Waals surface area contributed by atoms with E-state index >= 15 is 0 Å². The number of hydrogen-bond acceptors (Lipinski definition) is 4. The summed E-state index contributed by atoms with van der Waals surface area (Å²) in [6.07, 6.45) is 14.9. The van der Waals surface area contributed by atoms with Crippen molar-refractivity contribution in [1.29, 1.82) is 0 Å². The topological polar surface area (TPSA) is 58.5 Å². The lowest BCUT2D eigenvalue weighted by Gasteiger charge is -2.35. The fourth-order valence-corrected chi connectivity index (χ4v) is 5.53. The van der Waals surface area contributed by atoms with E-state index in [0.717, 1.165) is 24.5 Å². The molecule has 0 spiro atoms. The second kappa shape index (κ2) is 11.5. The van der Waals surface area contributed by atoms with Crippen LogP contribution in [0.2, 0.25) is 0 Å². The zero-order valence-corrected chi connectivity index (χ0v) is 21.0. The van der Waals surface area contributed by atoms with Crippen LogP contribution in [0.15, 0.2) is 60.7 Å². The number of unbranched alkanes of at least 4 members (excludes halogenated alkanes) is 7. The lowest BCUT2D eigenvalue weighted by Crippen LogP contribution is -2.36. The zero-order chi connectivity index (χ0) is 23.9. The number of benzene rings is 2. The van der Waals surface area contributed by atoms with Gasteiger partial charge >= 0.3 is 0 Å². The first-order valence-corrected chi connectivity index (χ1v) is 13.2. The first-order valence-electron chi connectivity index (χ1n) is 13.2. The van der Waals surface area contributed by atoms with E-state index in [1.807, 2.05) is 0 Å². The van der Waals surface area contributed by atoms with Crippen molar-refractivity contribution in [2.75, 3.05) is 22.9 Å². The Morgan fingerprint density at radius 3 is 1.32 bits per heavy atom. The van der Waals surface area contributed by atoms with Crippen LogP contribution in [0.3, 0.4) is 0 Å². The highest BCUT2D eigenvalue weighted by Crippen LogP contribution is 2.33. The molecule has 4 nitrogen and oxygen atoms in total. The Morgan fingerprint density at radius 1 is 0.559 bits per heavy atom.